The van der Waals surface area contributed by atoms with Gasteiger partial charge in [-0.3, -0.25) is 0 Å². The minimum absolute atomic E-state index is 0.366. The summed E-state index contributed by atoms with van der Waals surface area (Å²) in [5.41, 5.74) is 8.98. The molecule has 0 fully saturated rings. The van der Waals surface area contributed by atoms with Crippen LogP contribution >= 0.6 is 12.2 Å². The Balaban J connectivity index is 2.08. The number of likely N-dealkylation sites (N-methyl/N-ethyl adjacent to an activating group) is 1. The van der Waals surface area contributed by atoms with Crippen LogP contribution in [0, 0.1) is 0 Å². The van der Waals surface area contributed by atoms with E-state index >= 15 is 0 Å². The molecule has 2 N–H and O–H groups in total. The minimum Gasteiger partial charge on any atom is -0.476 e. The minimum atomic E-state index is 0.366. The van der Waals surface area contributed by atoms with Crippen LogP contribution in [0.15, 0.2) is 6.07 Å². The quantitative estimate of drug-likeness (QED) is 0.779. The van der Waals surface area contributed by atoms with E-state index in [2.05, 4.69) is 29.8 Å². The Labute approximate surface area is 126 Å². The van der Waals surface area contributed by atoms with Crippen LogP contribution in [0.5, 0.6) is 5.88 Å². The lowest BCUT2D eigenvalue weighted by Gasteiger charge is -2.18. The van der Waals surface area contributed by atoms with Crippen LogP contribution in [0.4, 0.5) is 0 Å². The molecule has 0 atom stereocenters. The summed E-state index contributed by atoms with van der Waals surface area (Å²) in [5, 5.41) is 0. The molecule has 0 spiro atoms. The second-order valence-corrected chi connectivity index (χ2v) is 5.48. The molecule has 0 aliphatic heterocycles. The molecule has 0 saturated carbocycles. The molecule has 1 heterocycles. The standard InChI is InChI=1S/C15H23N3OS/c1-3-18(4-2)8-9-19-15-12(14(16)20)10-11-6-5-7-13(11)17-15/h10H,3-9H2,1-2H3,(H2,16,20). The molecule has 2 rings (SSSR count). The van der Waals surface area contributed by atoms with E-state index < -0.39 is 0 Å². The van der Waals surface area contributed by atoms with Crippen molar-refractivity contribution in [2.45, 2.75) is 33.1 Å². The van der Waals surface area contributed by atoms with Crippen LogP contribution in [0.2, 0.25) is 0 Å². The summed E-state index contributed by atoms with van der Waals surface area (Å²) in [6.07, 6.45) is 3.25. The number of thiocarbonyl (C=S) groups is 1. The molecule has 4 nitrogen and oxygen atoms in total. The van der Waals surface area contributed by atoms with Gasteiger partial charge in [-0.05, 0) is 44.0 Å². The van der Waals surface area contributed by atoms with Gasteiger partial charge < -0.3 is 15.4 Å². The smallest absolute Gasteiger partial charge is 0.224 e. The maximum absolute atomic E-state index is 5.84. The molecular weight excluding hydrogens is 270 g/mol. The van der Waals surface area contributed by atoms with Gasteiger partial charge >= 0.3 is 0 Å². The van der Waals surface area contributed by atoms with Crippen LogP contribution in [0.3, 0.4) is 0 Å². The summed E-state index contributed by atoms with van der Waals surface area (Å²) in [7, 11) is 0. The Hall–Kier alpha value is -1.20. The number of aromatic nitrogens is 1. The molecule has 1 aromatic heterocycles. The number of ether oxygens (including phenoxy) is 1. The largest absolute Gasteiger partial charge is 0.476 e. The maximum atomic E-state index is 5.84. The molecule has 0 radical (unpaired) electrons. The highest BCUT2D eigenvalue weighted by molar-refractivity contribution is 7.80. The van der Waals surface area contributed by atoms with Crippen LogP contribution in [0.25, 0.3) is 0 Å². The first-order valence-electron chi connectivity index (χ1n) is 7.33. The zero-order valence-corrected chi connectivity index (χ0v) is 13.1. The summed E-state index contributed by atoms with van der Waals surface area (Å²) in [5.74, 6) is 0.602. The van der Waals surface area contributed by atoms with Gasteiger partial charge in [0.25, 0.3) is 0 Å². The predicted molar refractivity (Wildman–Crippen MR) is 85.4 cm³/mol. The third-order valence-electron chi connectivity index (χ3n) is 3.82. The number of hydrogen-bond donors (Lipinski definition) is 1. The van der Waals surface area contributed by atoms with Crippen molar-refractivity contribution in [2.24, 2.45) is 5.73 Å². The van der Waals surface area contributed by atoms with E-state index in [9.17, 15) is 0 Å². The molecule has 5 heteroatoms. The second kappa shape index (κ2) is 6.99. The molecular formula is C15H23N3OS. The number of nitrogens with two attached hydrogens (primary N) is 1. The fourth-order valence-electron chi connectivity index (χ4n) is 2.55. The molecule has 0 amide bonds. The molecule has 20 heavy (non-hydrogen) atoms. The van der Waals surface area contributed by atoms with Gasteiger partial charge in [-0.15, -0.1) is 0 Å². The van der Waals surface area contributed by atoms with Gasteiger partial charge in [0.15, 0.2) is 0 Å². The van der Waals surface area contributed by atoms with Crippen molar-refractivity contribution >= 4 is 17.2 Å². The third-order valence-corrected chi connectivity index (χ3v) is 4.04. The first-order chi connectivity index (χ1) is 9.65. The summed E-state index contributed by atoms with van der Waals surface area (Å²) in [6.45, 7) is 7.86. The monoisotopic (exact) mass is 293 g/mol. The lowest BCUT2D eigenvalue weighted by molar-refractivity contribution is 0.217. The average molecular weight is 293 g/mol. The Morgan fingerprint density at radius 2 is 2.15 bits per heavy atom. The van der Waals surface area contributed by atoms with E-state index in [0.717, 1.165) is 50.2 Å². The molecule has 1 aliphatic rings. The third kappa shape index (κ3) is 3.46. The zero-order valence-electron chi connectivity index (χ0n) is 12.3. The molecule has 0 bridgehead atoms. The zero-order chi connectivity index (χ0) is 14.5. The SMILES string of the molecule is CCN(CC)CCOc1nc2c(cc1C(N)=S)CCC2. The summed E-state index contributed by atoms with van der Waals surface area (Å²) < 4.78 is 5.84. The van der Waals surface area contributed by atoms with E-state index in [1.165, 1.54) is 5.56 Å². The lowest BCUT2D eigenvalue weighted by Crippen LogP contribution is -2.28. The van der Waals surface area contributed by atoms with Crippen LogP contribution in [0.1, 0.15) is 37.1 Å². The van der Waals surface area contributed by atoms with E-state index in [-0.39, 0.29) is 0 Å². The van der Waals surface area contributed by atoms with Crippen LogP contribution in [-0.4, -0.2) is 41.1 Å². The highest BCUT2D eigenvalue weighted by Gasteiger charge is 2.18. The number of aryl methyl sites for hydroxylation is 2. The van der Waals surface area contributed by atoms with Crippen molar-refractivity contribution in [2.75, 3.05) is 26.2 Å². The molecule has 1 aliphatic carbocycles. The fourth-order valence-corrected chi connectivity index (χ4v) is 2.70. The number of hydrogen-bond acceptors (Lipinski definition) is 4. The second-order valence-electron chi connectivity index (χ2n) is 5.04. The summed E-state index contributed by atoms with van der Waals surface area (Å²) in [6, 6.07) is 2.06. The lowest BCUT2D eigenvalue weighted by atomic mass is 10.1. The fraction of sp³-hybridized carbons (Fsp3) is 0.600. The van der Waals surface area contributed by atoms with Gasteiger partial charge in [0.05, 0.1) is 5.56 Å². The van der Waals surface area contributed by atoms with Crippen molar-refractivity contribution in [3.63, 3.8) is 0 Å². The highest BCUT2D eigenvalue weighted by Crippen LogP contribution is 2.26. The predicted octanol–water partition coefficient (Wildman–Crippen LogP) is 1.93. The molecule has 0 aromatic carbocycles. The molecule has 110 valence electrons. The van der Waals surface area contributed by atoms with Crippen molar-refractivity contribution in [1.82, 2.24) is 9.88 Å². The number of nitrogens with zero attached hydrogens (tertiary/aromatic N) is 2. The number of fused-ring (bicyclic) bond motifs is 1. The normalized spacial score (nSPS) is 13.6. The van der Waals surface area contributed by atoms with Gasteiger partial charge in [-0.2, -0.15) is 0 Å². The van der Waals surface area contributed by atoms with E-state index in [0.29, 0.717) is 17.5 Å². The summed E-state index contributed by atoms with van der Waals surface area (Å²) in [4.78, 5) is 7.29. The molecule has 0 saturated heterocycles. The van der Waals surface area contributed by atoms with Crippen molar-refractivity contribution in [3.8, 4) is 5.88 Å². The van der Waals surface area contributed by atoms with Crippen LogP contribution < -0.4 is 10.5 Å². The van der Waals surface area contributed by atoms with Gasteiger partial charge in [0.2, 0.25) is 5.88 Å². The first kappa shape index (κ1) is 15.2. The van der Waals surface area contributed by atoms with E-state index in [1.807, 2.05) is 0 Å². The van der Waals surface area contributed by atoms with Crippen molar-refractivity contribution in [3.05, 3.63) is 22.9 Å². The number of rotatable bonds is 7. The Morgan fingerprint density at radius 1 is 1.40 bits per heavy atom. The van der Waals surface area contributed by atoms with Gasteiger partial charge in [-0.25, -0.2) is 4.98 Å². The first-order valence-corrected chi connectivity index (χ1v) is 7.74. The summed E-state index contributed by atoms with van der Waals surface area (Å²) >= 11 is 5.12. The van der Waals surface area contributed by atoms with E-state index in [1.54, 1.807) is 0 Å². The van der Waals surface area contributed by atoms with Crippen molar-refractivity contribution in [1.29, 1.82) is 0 Å². The average Bonchev–Trinajstić information content (AvgIpc) is 2.89. The topological polar surface area (TPSA) is 51.4 Å². The van der Waals surface area contributed by atoms with Gasteiger partial charge in [0.1, 0.15) is 11.6 Å². The highest BCUT2D eigenvalue weighted by atomic mass is 32.1. The Bertz CT molecular complexity index is 486. The maximum Gasteiger partial charge on any atom is 0.224 e. The molecule has 1 aromatic rings. The van der Waals surface area contributed by atoms with E-state index in [4.69, 9.17) is 22.7 Å². The van der Waals surface area contributed by atoms with Crippen LogP contribution in [-0.2, 0) is 12.8 Å². The van der Waals surface area contributed by atoms with Gasteiger partial charge in [-0.1, -0.05) is 26.1 Å². The Morgan fingerprint density at radius 3 is 2.80 bits per heavy atom. The van der Waals surface area contributed by atoms with Crippen molar-refractivity contribution < 1.29 is 4.74 Å². The Kier molecular flexibility index (Phi) is 5.31. The molecule has 0 unspecified atom stereocenters. The number of pyridine rings is 1. The van der Waals surface area contributed by atoms with Gasteiger partial charge in [0, 0.05) is 12.2 Å².